The van der Waals surface area contributed by atoms with Crippen LogP contribution in [-0.2, 0) is 35.2 Å². The second-order valence-corrected chi connectivity index (χ2v) is 18.2. The molecule has 0 bridgehead atoms. The number of aromatic hydroxyl groups is 1. The molecule has 0 radical (unpaired) electrons. The van der Waals surface area contributed by atoms with Gasteiger partial charge < -0.3 is 40.2 Å². The zero-order valence-corrected chi connectivity index (χ0v) is 36.5. The Labute approximate surface area is 346 Å². The van der Waals surface area contributed by atoms with Crippen LogP contribution in [0.25, 0.3) is 0 Å². The maximum Gasteiger partial charge on any atom is 0.245 e. The number of piperidine rings is 1. The Morgan fingerprint density at radius 2 is 1.12 bits per heavy atom. The van der Waals surface area contributed by atoms with E-state index in [0.29, 0.717) is 50.8 Å². The lowest BCUT2D eigenvalue weighted by molar-refractivity contribution is -0.152. The molecular formula is C44H71N7O7. The van der Waals surface area contributed by atoms with Crippen LogP contribution >= 0.6 is 0 Å². The molecule has 3 fully saturated rings. The lowest BCUT2D eigenvalue weighted by Crippen LogP contribution is -2.62. The van der Waals surface area contributed by atoms with Crippen molar-refractivity contribution >= 4 is 35.4 Å². The van der Waals surface area contributed by atoms with Crippen molar-refractivity contribution in [2.75, 3.05) is 47.3 Å². The van der Waals surface area contributed by atoms with Gasteiger partial charge >= 0.3 is 0 Å². The van der Waals surface area contributed by atoms with Gasteiger partial charge in [0.25, 0.3) is 0 Å². The number of phenolic OH excluding ortho intramolecular Hbond substituents is 1. The molecular weight excluding hydrogens is 739 g/mol. The van der Waals surface area contributed by atoms with Crippen LogP contribution < -0.4 is 10.6 Å². The number of nitrogens with zero attached hydrogens (tertiary/aromatic N) is 5. The molecule has 14 nitrogen and oxygen atoms in total. The first-order valence-electron chi connectivity index (χ1n) is 21.6. The fourth-order valence-corrected chi connectivity index (χ4v) is 8.71. The number of hydrogen-bond acceptors (Lipinski definition) is 8. The number of nitrogens with one attached hydrogen (secondary N) is 2. The Bertz CT molecular complexity index is 1580. The third-order valence-electron chi connectivity index (χ3n) is 12.0. The van der Waals surface area contributed by atoms with Crippen molar-refractivity contribution in [2.24, 2.45) is 17.8 Å². The van der Waals surface area contributed by atoms with Crippen LogP contribution in [0.3, 0.4) is 0 Å². The van der Waals surface area contributed by atoms with Gasteiger partial charge in [0, 0.05) is 40.7 Å². The third kappa shape index (κ3) is 12.2. The molecule has 6 amide bonds. The fourth-order valence-electron chi connectivity index (χ4n) is 8.71. The van der Waals surface area contributed by atoms with Crippen molar-refractivity contribution in [3.8, 4) is 5.75 Å². The van der Waals surface area contributed by atoms with Gasteiger partial charge in [0.1, 0.15) is 42.0 Å². The molecule has 0 saturated carbocycles. The first-order chi connectivity index (χ1) is 27.4. The topological polar surface area (TPSA) is 163 Å². The molecule has 6 atom stereocenters. The van der Waals surface area contributed by atoms with Crippen LogP contribution in [0.1, 0.15) is 105 Å². The van der Waals surface area contributed by atoms with E-state index in [4.69, 9.17) is 0 Å². The summed E-state index contributed by atoms with van der Waals surface area (Å²) >= 11 is 0. The summed E-state index contributed by atoms with van der Waals surface area (Å²) in [5, 5.41) is 16.0. The number of fused-ring (bicyclic) bond motifs is 1. The lowest BCUT2D eigenvalue weighted by atomic mass is 9.96. The van der Waals surface area contributed by atoms with Crippen LogP contribution in [0.5, 0.6) is 5.75 Å². The Morgan fingerprint density at radius 1 is 0.603 bits per heavy atom. The van der Waals surface area contributed by atoms with Gasteiger partial charge in [-0.1, -0.05) is 60.1 Å². The number of likely N-dealkylation sites (N-methyl/N-ethyl adjacent to an activating group) is 3. The predicted molar refractivity (Wildman–Crippen MR) is 223 cm³/mol. The quantitative estimate of drug-likeness (QED) is 0.307. The molecule has 58 heavy (non-hydrogen) atoms. The van der Waals surface area contributed by atoms with Crippen LogP contribution in [0, 0.1) is 17.8 Å². The van der Waals surface area contributed by atoms with E-state index in [2.05, 4.69) is 15.5 Å². The number of carbonyl (C=O) groups is 6. The minimum absolute atomic E-state index is 0.00465. The fraction of sp³-hybridized carbons (Fsp3) is 0.727. The van der Waals surface area contributed by atoms with Gasteiger partial charge in [-0.3, -0.25) is 28.8 Å². The molecule has 0 unspecified atom stereocenters. The first-order valence-corrected chi connectivity index (χ1v) is 21.6. The van der Waals surface area contributed by atoms with E-state index in [1.54, 1.807) is 38.2 Å². The number of carbonyl (C=O) groups excluding carboxylic acids is 6. The van der Waals surface area contributed by atoms with E-state index in [9.17, 15) is 33.9 Å². The molecule has 4 rings (SSSR count). The number of rotatable bonds is 11. The Balaban J connectivity index is 1.84. The van der Waals surface area contributed by atoms with E-state index in [1.165, 1.54) is 26.8 Å². The van der Waals surface area contributed by atoms with Gasteiger partial charge in [-0.05, 0) is 99.9 Å². The molecule has 3 heterocycles. The molecule has 324 valence electrons. The maximum absolute atomic E-state index is 14.8. The van der Waals surface area contributed by atoms with Crippen LogP contribution in [0.4, 0.5) is 0 Å². The molecule has 0 aliphatic carbocycles. The monoisotopic (exact) mass is 810 g/mol. The van der Waals surface area contributed by atoms with E-state index in [1.807, 2.05) is 41.5 Å². The molecule has 14 heteroatoms. The SMILES string of the molecule is CC(C)C[C@@H]1NC(=O)[C@H](Cc2ccc(O)cc2)N(C)C(=O)[C@H]2CCCN2C(=O)[C@H](CC(C)C)NC(=O)[C@H](CCN2CCCCC2)N(C)C(=O)[C@@H](CC(C)C)N(C)C1=O. The summed E-state index contributed by atoms with van der Waals surface area (Å²) in [7, 11) is 4.74. The number of amides is 6. The molecule has 3 saturated heterocycles. The summed E-state index contributed by atoms with van der Waals surface area (Å²) in [4.78, 5) is 95.7. The van der Waals surface area contributed by atoms with Crippen molar-refractivity contribution in [1.29, 1.82) is 0 Å². The van der Waals surface area contributed by atoms with Gasteiger partial charge in [0.2, 0.25) is 35.4 Å². The maximum atomic E-state index is 14.8. The second-order valence-electron chi connectivity index (χ2n) is 18.2. The van der Waals surface area contributed by atoms with Crippen LogP contribution in [-0.4, -0.2) is 149 Å². The first kappa shape index (κ1) is 46.5. The number of hydrogen-bond donors (Lipinski definition) is 3. The minimum atomic E-state index is -1.08. The Hall–Kier alpha value is -4.20. The Morgan fingerprint density at radius 3 is 1.69 bits per heavy atom. The van der Waals surface area contributed by atoms with E-state index in [0.717, 1.165) is 32.4 Å². The van der Waals surface area contributed by atoms with Gasteiger partial charge in [-0.2, -0.15) is 0 Å². The van der Waals surface area contributed by atoms with Crippen molar-refractivity contribution in [1.82, 2.24) is 35.1 Å². The third-order valence-corrected chi connectivity index (χ3v) is 12.0. The molecule has 3 aliphatic heterocycles. The highest BCUT2D eigenvalue weighted by Gasteiger charge is 2.44. The highest BCUT2D eigenvalue weighted by molar-refractivity contribution is 5.98. The van der Waals surface area contributed by atoms with Gasteiger partial charge in [0.15, 0.2) is 0 Å². The highest BCUT2D eigenvalue weighted by Crippen LogP contribution is 2.25. The summed E-state index contributed by atoms with van der Waals surface area (Å²) in [6.45, 7) is 14.5. The summed E-state index contributed by atoms with van der Waals surface area (Å²) in [6.07, 6.45) is 5.58. The van der Waals surface area contributed by atoms with Crippen LogP contribution in [0.2, 0.25) is 0 Å². The standard InChI is InChI=1S/C44H71N7O7/c1-28(2)24-33-41(55)49(9)38(26-30(5)6)44(58)47(7)35(19-23-50-20-11-10-12-21-50)39(53)46-34(25-29(3)4)42(56)51-22-13-14-36(51)43(57)48(8)37(40(54)45-33)27-31-15-17-32(52)18-16-31/h15-18,28-30,33-38,52H,10-14,19-27H2,1-9H3,(H,45,54)(H,46,53)/t33-,34-,35-,36+,37-,38+/m0/s1. The second kappa shape index (κ2) is 21.2. The van der Waals surface area contributed by atoms with Crippen LogP contribution in [0.15, 0.2) is 24.3 Å². The van der Waals surface area contributed by atoms with E-state index < -0.39 is 59.9 Å². The summed E-state index contributed by atoms with van der Waals surface area (Å²) in [6, 6.07) is 0.603. The molecule has 1 aromatic rings. The molecule has 1 aromatic carbocycles. The van der Waals surface area contributed by atoms with Crippen molar-refractivity contribution in [2.45, 2.75) is 142 Å². The van der Waals surface area contributed by atoms with E-state index in [-0.39, 0.29) is 48.2 Å². The van der Waals surface area contributed by atoms with Crippen molar-refractivity contribution in [3.63, 3.8) is 0 Å². The predicted octanol–water partition coefficient (Wildman–Crippen LogP) is 3.40. The molecule has 3 N–H and O–H groups in total. The zero-order valence-electron chi connectivity index (χ0n) is 36.5. The molecule has 0 aromatic heterocycles. The van der Waals surface area contributed by atoms with E-state index >= 15 is 0 Å². The van der Waals surface area contributed by atoms with Crippen molar-refractivity contribution in [3.05, 3.63) is 29.8 Å². The number of phenols is 1. The van der Waals surface area contributed by atoms with Crippen molar-refractivity contribution < 1.29 is 33.9 Å². The minimum Gasteiger partial charge on any atom is -0.508 e. The number of benzene rings is 1. The normalized spacial score (nSPS) is 26.7. The summed E-state index contributed by atoms with van der Waals surface area (Å²) in [5.41, 5.74) is 0.683. The summed E-state index contributed by atoms with van der Waals surface area (Å²) < 4.78 is 0. The van der Waals surface area contributed by atoms with Gasteiger partial charge in [-0.15, -0.1) is 0 Å². The Kier molecular flexibility index (Phi) is 17.0. The average molecular weight is 810 g/mol. The largest absolute Gasteiger partial charge is 0.508 e. The zero-order chi connectivity index (χ0) is 42.8. The highest BCUT2D eigenvalue weighted by atomic mass is 16.3. The smallest absolute Gasteiger partial charge is 0.245 e. The molecule has 3 aliphatic rings. The summed E-state index contributed by atoms with van der Waals surface area (Å²) in [5.74, 6) is -2.52. The lowest BCUT2D eigenvalue weighted by Gasteiger charge is -2.39. The number of likely N-dealkylation sites (tertiary alicyclic amines) is 1. The molecule has 0 spiro atoms. The average Bonchev–Trinajstić information content (AvgIpc) is 3.67. The van der Waals surface area contributed by atoms with Gasteiger partial charge in [-0.25, -0.2) is 0 Å². The van der Waals surface area contributed by atoms with Gasteiger partial charge in [0.05, 0.1) is 0 Å².